The third-order valence-electron chi connectivity index (χ3n) is 3.64. The lowest BCUT2D eigenvalue weighted by Crippen LogP contribution is -2.42. The topological polar surface area (TPSA) is 70.5 Å². The average Bonchev–Trinajstić information content (AvgIpc) is 2.52. The highest BCUT2D eigenvalue weighted by molar-refractivity contribution is 5.65. The van der Waals surface area contributed by atoms with Crippen LogP contribution in [-0.4, -0.2) is 47.9 Å². The van der Waals surface area contributed by atoms with Crippen LogP contribution in [0.5, 0.6) is 5.75 Å². The SMILES string of the molecule is CCCNc1ncnc(N2CCCCC2CO)c1OC. The van der Waals surface area contributed by atoms with Crippen molar-refractivity contribution in [3.05, 3.63) is 6.33 Å². The van der Waals surface area contributed by atoms with Gasteiger partial charge in [-0.1, -0.05) is 6.92 Å². The Morgan fingerprint density at radius 3 is 3.00 bits per heavy atom. The Kier molecular flexibility index (Phi) is 5.40. The van der Waals surface area contributed by atoms with Crippen molar-refractivity contribution in [1.82, 2.24) is 9.97 Å². The molecule has 6 heteroatoms. The zero-order valence-electron chi connectivity index (χ0n) is 12.3. The molecule has 112 valence electrons. The van der Waals surface area contributed by atoms with Crippen LogP contribution in [0, 0.1) is 0 Å². The first kappa shape index (κ1) is 14.8. The second kappa shape index (κ2) is 7.28. The molecular formula is C14H24N4O2. The second-order valence-corrected chi connectivity index (χ2v) is 5.03. The fraction of sp³-hybridized carbons (Fsp3) is 0.714. The van der Waals surface area contributed by atoms with Crippen LogP contribution in [0.25, 0.3) is 0 Å². The Labute approximate surface area is 120 Å². The van der Waals surface area contributed by atoms with E-state index in [0.717, 1.165) is 50.4 Å². The molecule has 20 heavy (non-hydrogen) atoms. The summed E-state index contributed by atoms with van der Waals surface area (Å²) < 4.78 is 5.51. The van der Waals surface area contributed by atoms with Gasteiger partial charge < -0.3 is 20.1 Å². The van der Waals surface area contributed by atoms with Crippen LogP contribution in [0.1, 0.15) is 32.6 Å². The minimum absolute atomic E-state index is 0.117. The third-order valence-corrected chi connectivity index (χ3v) is 3.64. The molecule has 0 bridgehead atoms. The van der Waals surface area contributed by atoms with Crippen LogP contribution in [0.15, 0.2) is 6.33 Å². The van der Waals surface area contributed by atoms with Crippen molar-refractivity contribution in [2.45, 2.75) is 38.6 Å². The molecule has 1 aromatic heterocycles. The first-order valence-corrected chi connectivity index (χ1v) is 7.32. The van der Waals surface area contributed by atoms with Gasteiger partial charge in [-0.2, -0.15) is 0 Å². The highest BCUT2D eigenvalue weighted by Gasteiger charge is 2.26. The number of nitrogens with one attached hydrogen (secondary N) is 1. The predicted molar refractivity (Wildman–Crippen MR) is 79.4 cm³/mol. The molecule has 1 atom stereocenters. The van der Waals surface area contributed by atoms with Gasteiger partial charge in [0, 0.05) is 13.1 Å². The number of ether oxygens (including phenoxy) is 1. The Bertz CT molecular complexity index is 428. The maximum atomic E-state index is 9.56. The average molecular weight is 280 g/mol. The standard InChI is InChI=1S/C14H24N4O2/c1-3-7-15-13-12(20-2)14(17-10-16-13)18-8-5-4-6-11(18)9-19/h10-11,19H,3-9H2,1-2H3,(H,15,16,17). The number of methoxy groups -OCH3 is 1. The third kappa shape index (κ3) is 3.12. The monoisotopic (exact) mass is 280 g/mol. The van der Waals surface area contributed by atoms with Gasteiger partial charge in [0.1, 0.15) is 6.33 Å². The van der Waals surface area contributed by atoms with E-state index in [9.17, 15) is 5.11 Å². The quantitative estimate of drug-likeness (QED) is 0.826. The molecular weight excluding hydrogens is 256 g/mol. The van der Waals surface area contributed by atoms with E-state index in [1.807, 2.05) is 0 Å². The summed E-state index contributed by atoms with van der Waals surface area (Å²) in [4.78, 5) is 10.8. The molecule has 0 saturated carbocycles. The maximum Gasteiger partial charge on any atom is 0.204 e. The fourth-order valence-corrected chi connectivity index (χ4v) is 2.60. The van der Waals surface area contributed by atoms with Gasteiger partial charge in [-0.15, -0.1) is 0 Å². The summed E-state index contributed by atoms with van der Waals surface area (Å²) in [6, 6.07) is 0.117. The molecule has 0 aromatic carbocycles. The van der Waals surface area contributed by atoms with E-state index < -0.39 is 0 Å². The van der Waals surface area contributed by atoms with Gasteiger partial charge in [0.2, 0.25) is 5.75 Å². The lowest BCUT2D eigenvalue weighted by atomic mass is 10.0. The zero-order chi connectivity index (χ0) is 14.4. The number of aliphatic hydroxyl groups is 1. The number of anilines is 2. The summed E-state index contributed by atoms with van der Waals surface area (Å²) >= 11 is 0. The van der Waals surface area contributed by atoms with Crippen LogP contribution >= 0.6 is 0 Å². The smallest absolute Gasteiger partial charge is 0.204 e. The van der Waals surface area contributed by atoms with E-state index in [1.54, 1.807) is 13.4 Å². The molecule has 1 aliphatic heterocycles. The van der Waals surface area contributed by atoms with Crippen molar-refractivity contribution in [2.24, 2.45) is 0 Å². The molecule has 2 rings (SSSR count). The number of nitrogens with zero attached hydrogens (tertiary/aromatic N) is 3. The second-order valence-electron chi connectivity index (χ2n) is 5.03. The minimum Gasteiger partial charge on any atom is -0.490 e. The number of aromatic nitrogens is 2. The number of aliphatic hydroxyl groups excluding tert-OH is 1. The molecule has 2 N–H and O–H groups in total. The Morgan fingerprint density at radius 2 is 2.30 bits per heavy atom. The van der Waals surface area contributed by atoms with Crippen LogP contribution in [0.3, 0.4) is 0 Å². The Morgan fingerprint density at radius 1 is 1.45 bits per heavy atom. The predicted octanol–water partition coefficient (Wildman–Crippen LogP) is 1.66. The van der Waals surface area contributed by atoms with Gasteiger partial charge in [0.25, 0.3) is 0 Å². The summed E-state index contributed by atoms with van der Waals surface area (Å²) in [5, 5.41) is 12.8. The Balaban J connectivity index is 2.29. The number of rotatable bonds is 6. The van der Waals surface area contributed by atoms with Gasteiger partial charge in [-0.25, -0.2) is 9.97 Å². The molecule has 0 radical (unpaired) electrons. The molecule has 1 aromatic rings. The molecule has 6 nitrogen and oxygen atoms in total. The van der Waals surface area contributed by atoms with Gasteiger partial charge in [0.15, 0.2) is 11.6 Å². The van der Waals surface area contributed by atoms with E-state index in [-0.39, 0.29) is 12.6 Å². The van der Waals surface area contributed by atoms with Crippen LogP contribution < -0.4 is 15.0 Å². The van der Waals surface area contributed by atoms with Crippen LogP contribution in [-0.2, 0) is 0 Å². The highest BCUT2D eigenvalue weighted by atomic mass is 16.5. The first-order valence-electron chi connectivity index (χ1n) is 7.32. The van der Waals surface area contributed by atoms with Crippen molar-refractivity contribution in [2.75, 3.05) is 37.0 Å². The summed E-state index contributed by atoms with van der Waals surface area (Å²) in [7, 11) is 1.64. The summed E-state index contributed by atoms with van der Waals surface area (Å²) in [6.45, 7) is 3.99. The van der Waals surface area contributed by atoms with Gasteiger partial charge >= 0.3 is 0 Å². The van der Waals surface area contributed by atoms with E-state index in [0.29, 0.717) is 5.75 Å². The lowest BCUT2D eigenvalue weighted by molar-refractivity contribution is 0.238. The number of hydrogen-bond donors (Lipinski definition) is 2. The minimum atomic E-state index is 0.117. The highest BCUT2D eigenvalue weighted by Crippen LogP contribution is 2.35. The Hall–Kier alpha value is -1.56. The molecule has 0 aliphatic carbocycles. The van der Waals surface area contributed by atoms with Crippen molar-refractivity contribution in [3.8, 4) is 5.75 Å². The summed E-state index contributed by atoms with van der Waals surface area (Å²) in [6.07, 6.45) is 5.82. The summed E-state index contributed by atoms with van der Waals surface area (Å²) in [5.74, 6) is 2.17. The van der Waals surface area contributed by atoms with Gasteiger partial charge in [0.05, 0.1) is 19.8 Å². The molecule has 1 aliphatic rings. The molecule has 1 unspecified atom stereocenters. The largest absolute Gasteiger partial charge is 0.490 e. The maximum absolute atomic E-state index is 9.56. The van der Waals surface area contributed by atoms with E-state index in [4.69, 9.17) is 4.74 Å². The van der Waals surface area contributed by atoms with E-state index in [1.165, 1.54) is 0 Å². The molecule has 1 fully saturated rings. The molecule has 2 heterocycles. The summed E-state index contributed by atoms with van der Waals surface area (Å²) in [5.41, 5.74) is 0. The molecule has 1 saturated heterocycles. The normalized spacial score (nSPS) is 18.9. The van der Waals surface area contributed by atoms with Crippen LogP contribution in [0.2, 0.25) is 0 Å². The lowest BCUT2D eigenvalue weighted by Gasteiger charge is -2.36. The first-order chi connectivity index (χ1) is 9.81. The van der Waals surface area contributed by atoms with E-state index >= 15 is 0 Å². The number of hydrogen-bond acceptors (Lipinski definition) is 6. The molecule has 0 spiro atoms. The number of piperidine rings is 1. The van der Waals surface area contributed by atoms with Gasteiger partial charge in [-0.05, 0) is 25.7 Å². The van der Waals surface area contributed by atoms with E-state index in [2.05, 4.69) is 27.1 Å². The zero-order valence-corrected chi connectivity index (χ0v) is 12.3. The van der Waals surface area contributed by atoms with Crippen molar-refractivity contribution >= 4 is 11.6 Å². The van der Waals surface area contributed by atoms with Gasteiger partial charge in [-0.3, -0.25) is 0 Å². The van der Waals surface area contributed by atoms with Crippen molar-refractivity contribution in [3.63, 3.8) is 0 Å². The van der Waals surface area contributed by atoms with Crippen molar-refractivity contribution < 1.29 is 9.84 Å². The molecule has 0 amide bonds. The van der Waals surface area contributed by atoms with Crippen molar-refractivity contribution in [1.29, 1.82) is 0 Å². The fourth-order valence-electron chi connectivity index (χ4n) is 2.60. The van der Waals surface area contributed by atoms with Crippen LogP contribution in [0.4, 0.5) is 11.6 Å².